The molecule has 8 nitrogen and oxygen atoms in total. The van der Waals surface area contributed by atoms with E-state index in [4.69, 9.17) is 0 Å². The average molecular weight is 462 g/mol. The third kappa shape index (κ3) is 3.89. The van der Waals surface area contributed by atoms with Crippen molar-refractivity contribution in [3.63, 3.8) is 0 Å². The Bertz CT molecular complexity index is 985. The maximum Gasteiger partial charge on any atom is 0.327 e. The first-order valence-corrected chi connectivity index (χ1v) is 11.7. The number of β-lactam (4-membered cyclic amide) rings is 1. The van der Waals surface area contributed by atoms with Gasteiger partial charge < -0.3 is 20.6 Å². The van der Waals surface area contributed by atoms with E-state index >= 15 is 0 Å². The van der Waals surface area contributed by atoms with Crippen LogP contribution in [0.4, 0.5) is 0 Å². The van der Waals surface area contributed by atoms with Gasteiger partial charge in [-0.1, -0.05) is 24.3 Å². The minimum absolute atomic E-state index is 0.352. The van der Waals surface area contributed by atoms with E-state index in [0.717, 1.165) is 5.57 Å². The minimum atomic E-state index is -1.06. The Kier molecular flexibility index (Phi) is 5.69. The van der Waals surface area contributed by atoms with Crippen molar-refractivity contribution in [1.29, 1.82) is 0 Å². The zero-order valence-corrected chi connectivity index (χ0v) is 18.7. The van der Waals surface area contributed by atoms with Crippen molar-refractivity contribution in [2.45, 2.75) is 54.9 Å². The molecule has 0 radical (unpaired) electrons. The van der Waals surface area contributed by atoms with E-state index < -0.39 is 46.0 Å². The van der Waals surface area contributed by atoms with E-state index in [1.807, 2.05) is 18.2 Å². The molecule has 4 rings (SSSR count). The summed E-state index contributed by atoms with van der Waals surface area (Å²) in [5.41, 5.74) is 0.761. The first-order chi connectivity index (χ1) is 14.7. The van der Waals surface area contributed by atoms with Gasteiger partial charge >= 0.3 is 5.97 Å². The zero-order chi connectivity index (χ0) is 22.3. The second kappa shape index (κ2) is 8.16. The normalized spacial score (nSPS) is 27.0. The van der Waals surface area contributed by atoms with Crippen LogP contribution < -0.4 is 10.6 Å². The van der Waals surface area contributed by atoms with Crippen LogP contribution in [0.5, 0.6) is 0 Å². The second-order valence-electron chi connectivity index (χ2n) is 8.16. The molecule has 0 aromatic carbocycles. The fourth-order valence-electron chi connectivity index (χ4n) is 4.17. The van der Waals surface area contributed by atoms with E-state index in [0.29, 0.717) is 17.7 Å². The van der Waals surface area contributed by atoms with Gasteiger partial charge in [0.05, 0.1) is 4.88 Å². The molecule has 4 atom stereocenters. The molecule has 1 aromatic heterocycles. The van der Waals surface area contributed by atoms with Gasteiger partial charge in [0.25, 0.3) is 5.91 Å². The van der Waals surface area contributed by atoms with Gasteiger partial charge in [0, 0.05) is 4.75 Å². The molecule has 31 heavy (non-hydrogen) atoms. The number of aliphatic carboxylic acids is 1. The number of nitrogens with one attached hydrogen (secondary N) is 2. The number of carboxylic acid groups (broad SMARTS) is 1. The van der Waals surface area contributed by atoms with E-state index in [9.17, 15) is 24.3 Å². The minimum Gasteiger partial charge on any atom is -0.480 e. The Balaban J connectivity index is 1.50. The highest BCUT2D eigenvalue weighted by molar-refractivity contribution is 8.01. The lowest BCUT2D eigenvalue weighted by Gasteiger charge is -2.44. The summed E-state index contributed by atoms with van der Waals surface area (Å²) in [7, 11) is 0. The van der Waals surface area contributed by atoms with Crippen LogP contribution in [0, 0.1) is 0 Å². The van der Waals surface area contributed by atoms with E-state index in [1.165, 1.54) is 28.0 Å². The lowest BCUT2D eigenvalue weighted by molar-refractivity contribution is -0.161. The fraction of sp³-hybridized carbons (Fsp3) is 0.429. The number of rotatable bonds is 6. The Hall–Kier alpha value is -2.59. The number of fused-ring (bicyclic) bond motifs is 1. The molecule has 0 spiro atoms. The van der Waals surface area contributed by atoms with Gasteiger partial charge in [-0.2, -0.15) is 0 Å². The van der Waals surface area contributed by atoms with Crippen LogP contribution in [-0.2, 0) is 14.4 Å². The molecular formula is C21H23N3O5S2. The van der Waals surface area contributed by atoms with Crippen LogP contribution in [0.2, 0.25) is 0 Å². The van der Waals surface area contributed by atoms with Gasteiger partial charge in [0.15, 0.2) is 0 Å². The lowest BCUT2D eigenvalue weighted by atomic mass is 9.94. The van der Waals surface area contributed by atoms with Crippen LogP contribution in [0.1, 0.15) is 36.4 Å². The van der Waals surface area contributed by atoms with Gasteiger partial charge in [-0.15, -0.1) is 23.1 Å². The molecule has 164 valence electrons. The number of hydrogen-bond donors (Lipinski definition) is 3. The zero-order valence-electron chi connectivity index (χ0n) is 17.0. The summed E-state index contributed by atoms with van der Waals surface area (Å²) in [5, 5.41) is 16.4. The van der Waals surface area contributed by atoms with Crippen molar-refractivity contribution in [2.24, 2.45) is 0 Å². The first-order valence-electron chi connectivity index (χ1n) is 9.92. The predicted molar refractivity (Wildman–Crippen MR) is 118 cm³/mol. The molecule has 0 bridgehead atoms. The van der Waals surface area contributed by atoms with Crippen LogP contribution in [0.15, 0.2) is 41.3 Å². The van der Waals surface area contributed by atoms with Crippen molar-refractivity contribution >= 4 is 46.8 Å². The molecule has 3 aliphatic rings. The Morgan fingerprint density at radius 3 is 2.68 bits per heavy atom. The average Bonchev–Trinajstić information content (AvgIpc) is 3.35. The lowest BCUT2D eigenvalue weighted by Crippen LogP contribution is -2.71. The molecule has 2 aliphatic heterocycles. The number of thioether (sulfide) groups is 1. The SMILES string of the molecule is CC1(C)S[C@@H]2C(NC(=O)C(NC(=O)c3cccs3)C3=CCC=CC3)C(=O)N2[C@H]1C(=O)O. The summed E-state index contributed by atoms with van der Waals surface area (Å²) in [6, 6.07) is 0.777. The maximum atomic E-state index is 13.2. The number of thiophene rings is 1. The molecule has 2 fully saturated rings. The number of allylic oxidation sites excluding steroid dienone is 3. The quantitative estimate of drug-likeness (QED) is 0.439. The Labute approximate surface area is 187 Å². The van der Waals surface area contributed by atoms with Gasteiger partial charge in [-0.05, 0) is 43.7 Å². The number of hydrogen-bond acceptors (Lipinski definition) is 6. The molecule has 3 N–H and O–H groups in total. The molecule has 1 aromatic rings. The number of amides is 3. The summed E-state index contributed by atoms with van der Waals surface area (Å²) in [5.74, 6) is -2.29. The summed E-state index contributed by atoms with van der Waals surface area (Å²) < 4.78 is -0.672. The summed E-state index contributed by atoms with van der Waals surface area (Å²) in [6.07, 6.45) is 7.02. The number of nitrogens with zero attached hydrogens (tertiary/aromatic N) is 1. The van der Waals surface area contributed by atoms with E-state index in [2.05, 4.69) is 10.6 Å². The largest absolute Gasteiger partial charge is 0.480 e. The molecular weight excluding hydrogens is 438 g/mol. The number of carbonyl (C=O) groups is 4. The van der Waals surface area contributed by atoms with Crippen LogP contribution in [0.25, 0.3) is 0 Å². The molecule has 2 unspecified atom stereocenters. The Morgan fingerprint density at radius 2 is 2.06 bits per heavy atom. The van der Waals surface area contributed by atoms with Crippen LogP contribution in [0.3, 0.4) is 0 Å². The van der Waals surface area contributed by atoms with Crippen LogP contribution >= 0.6 is 23.1 Å². The Morgan fingerprint density at radius 1 is 1.29 bits per heavy atom. The van der Waals surface area contributed by atoms with Gasteiger partial charge in [0.1, 0.15) is 23.5 Å². The smallest absolute Gasteiger partial charge is 0.327 e. The van der Waals surface area contributed by atoms with Crippen molar-refractivity contribution < 1.29 is 24.3 Å². The van der Waals surface area contributed by atoms with E-state index in [1.54, 1.807) is 31.4 Å². The molecule has 2 saturated heterocycles. The van der Waals surface area contributed by atoms with Crippen LogP contribution in [-0.4, -0.2) is 61.9 Å². The molecule has 3 amide bonds. The third-order valence-corrected chi connectivity index (χ3v) is 8.10. The van der Waals surface area contributed by atoms with Crippen molar-refractivity contribution in [1.82, 2.24) is 15.5 Å². The van der Waals surface area contributed by atoms with Crippen molar-refractivity contribution in [2.75, 3.05) is 0 Å². The summed E-state index contributed by atoms with van der Waals surface area (Å²) in [4.78, 5) is 52.0. The monoisotopic (exact) mass is 461 g/mol. The highest BCUT2D eigenvalue weighted by atomic mass is 32.2. The molecule has 10 heteroatoms. The number of carboxylic acids is 1. The van der Waals surface area contributed by atoms with Crippen molar-refractivity contribution in [3.8, 4) is 0 Å². The maximum absolute atomic E-state index is 13.2. The topological polar surface area (TPSA) is 116 Å². The molecule has 0 saturated carbocycles. The highest BCUT2D eigenvalue weighted by Gasteiger charge is 2.64. The second-order valence-corrected chi connectivity index (χ2v) is 10.9. The van der Waals surface area contributed by atoms with E-state index in [-0.39, 0.29) is 5.91 Å². The first kappa shape index (κ1) is 21.6. The fourth-order valence-corrected chi connectivity index (χ4v) is 6.42. The predicted octanol–water partition coefficient (Wildman–Crippen LogP) is 1.75. The molecule has 3 heterocycles. The highest BCUT2D eigenvalue weighted by Crippen LogP contribution is 2.50. The van der Waals surface area contributed by atoms with Gasteiger partial charge in [-0.25, -0.2) is 4.79 Å². The summed E-state index contributed by atoms with van der Waals surface area (Å²) in [6.45, 7) is 3.56. The van der Waals surface area contributed by atoms with Crippen molar-refractivity contribution in [3.05, 3.63) is 46.2 Å². The summed E-state index contributed by atoms with van der Waals surface area (Å²) >= 11 is 2.64. The number of carbonyl (C=O) groups excluding carboxylic acids is 3. The van der Waals surface area contributed by atoms with Gasteiger partial charge in [0.2, 0.25) is 11.8 Å². The molecule has 1 aliphatic carbocycles. The standard InChI is InChI=1S/C21H23N3O5S2/c1-21(2)15(20(28)29)24-18(27)14(19(24)31-21)23-17(26)13(11-7-4-3-5-8-11)22-16(25)12-9-6-10-30-12/h3-4,6,8-10,13-15,19H,5,7H2,1-2H3,(H,22,25)(H,23,26)(H,28,29)/t13?,14?,15-,19+/m0/s1. The third-order valence-electron chi connectivity index (χ3n) is 5.66. The van der Waals surface area contributed by atoms with Gasteiger partial charge in [-0.3, -0.25) is 14.4 Å².